The number of ketones is 1. The number of hydrogen-bond donors (Lipinski definition) is 2. The minimum atomic E-state index is -1.13. The Kier molecular flexibility index (Phi) is 6.42. The molecular formula is C19H19NO5. The highest BCUT2D eigenvalue weighted by atomic mass is 16.5. The molecule has 0 aliphatic carbocycles. The largest absolute Gasteiger partial charge is 0.481 e. The Balaban J connectivity index is 2.19. The lowest BCUT2D eigenvalue weighted by Crippen LogP contribution is -2.35. The van der Waals surface area contributed by atoms with Crippen molar-refractivity contribution in [3.05, 3.63) is 71.8 Å². The third-order valence-electron chi connectivity index (χ3n) is 3.60. The lowest BCUT2D eigenvalue weighted by molar-refractivity contribution is -0.149. The standard InChI is InChI=1S/C19H19NO5/c20-15(11-12-16(21)22)19(24)25-18(14-9-5-2-6-10-14)17(23)13-7-3-1-4-8-13/h1-10,15,18H,11-12,20H2,(H,21,22)/t15-,18?/m0/s1. The van der Waals surface area contributed by atoms with E-state index in [9.17, 15) is 14.4 Å². The molecule has 2 aromatic carbocycles. The van der Waals surface area contributed by atoms with Crippen molar-refractivity contribution in [2.45, 2.75) is 25.0 Å². The first-order chi connectivity index (χ1) is 12.0. The third-order valence-corrected chi connectivity index (χ3v) is 3.60. The summed E-state index contributed by atoms with van der Waals surface area (Å²) in [5.41, 5.74) is 6.61. The number of benzene rings is 2. The molecule has 0 saturated heterocycles. The minimum absolute atomic E-state index is 0.0603. The molecule has 6 heteroatoms. The number of ether oxygens (including phenoxy) is 1. The number of rotatable bonds is 8. The van der Waals surface area contributed by atoms with Crippen LogP contribution in [0.3, 0.4) is 0 Å². The predicted octanol–water partition coefficient (Wildman–Crippen LogP) is 2.35. The van der Waals surface area contributed by atoms with E-state index < -0.39 is 24.1 Å². The molecule has 0 aliphatic heterocycles. The summed E-state index contributed by atoms with van der Waals surface area (Å²) < 4.78 is 5.34. The van der Waals surface area contributed by atoms with E-state index in [2.05, 4.69) is 0 Å². The third kappa shape index (κ3) is 5.26. The molecule has 130 valence electrons. The molecule has 1 unspecified atom stereocenters. The van der Waals surface area contributed by atoms with Gasteiger partial charge in [-0.05, 0) is 6.42 Å². The lowest BCUT2D eigenvalue weighted by atomic mass is 9.99. The van der Waals surface area contributed by atoms with Gasteiger partial charge in [0.15, 0.2) is 6.10 Å². The Bertz CT molecular complexity index is 730. The number of carboxylic acid groups (broad SMARTS) is 1. The number of Topliss-reactive ketones (excluding diaryl/α,β-unsaturated/α-hetero) is 1. The van der Waals surface area contributed by atoms with E-state index in [0.29, 0.717) is 11.1 Å². The fourth-order valence-electron chi connectivity index (χ4n) is 2.25. The molecule has 0 saturated carbocycles. The molecule has 0 fully saturated rings. The van der Waals surface area contributed by atoms with Gasteiger partial charge in [0.05, 0.1) is 0 Å². The summed E-state index contributed by atoms with van der Waals surface area (Å²) in [7, 11) is 0. The molecule has 0 radical (unpaired) electrons. The molecule has 0 amide bonds. The second-order valence-electron chi connectivity index (χ2n) is 5.50. The highest BCUT2D eigenvalue weighted by Crippen LogP contribution is 2.23. The number of nitrogens with two attached hydrogens (primary N) is 1. The molecular weight excluding hydrogens is 322 g/mol. The van der Waals surface area contributed by atoms with E-state index in [0.717, 1.165) is 0 Å². The van der Waals surface area contributed by atoms with E-state index in [1.807, 2.05) is 0 Å². The fraction of sp³-hybridized carbons (Fsp3) is 0.211. The molecule has 25 heavy (non-hydrogen) atoms. The van der Waals surface area contributed by atoms with Crippen LogP contribution in [-0.4, -0.2) is 28.9 Å². The minimum Gasteiger partial charge on any atom is -0.481 e. The Labute approximate surface area is 145 Å². The normalized spacial score (nSPS) is 12.8. The maximum absolute atomic E-state index is 12.8. The summed E-state index contributed by atoms with van der Waals surface area (Å²) in [6.07, 6.45) is -1.44. The topological polar surface area (TPSA) is 107 Å². The van der Waals surface area contributed by atoms with Gasteiger partial charge in [-0.15, -0.1) is 0 Å². The number of carbonyl (C=O) groups is 3. The van der Waals surface area contributed by atoms with Crippen LogP contribution in [0.2, 0.25) is 0 Å². The highest BCUT2D eigenvalue weighted by molar-refractivity contribution is 6.01. The molecule has 0 aliphatic rings. The van der Waals surface area contributed by atoms with Gasteiger partial charge in [-0.3, -0.25) is 14.4 Å². The lowest BCUT2D eigenvalue weighted by Gasteiger charge is -2.19. The van der Waals surface area contributed by atoms with E-state index in [4.69, 9.17) is 15.6 Å². The van der Waals surface area contributed by atoms with Crippen molar-refractivity contribution in [2.24, 2.45) is 5.73 Å². The summed E-state index contributed by atoms with van der Waals surface area (Å²) in [5, 5.41) is 8.68. The van der Waals surface area contributed by atoms with E-state index in [-0.39, 0.29) is 18.6 Å². The van der Waals surface area contributed by atoms with Gasteiger partial charge in [-0.1, -0.05) is 60.7 Å². The second-order valence-corrected chi connectivity index (χ2v) is 5.50. The Morgan fingerprint density at radius 2 is 1.52 bits per heavy atom. The van der Waals surface area contributed by atoms with Crippen LogP contribution in [0.25, 0.3) is 0 Å². The number of esters is 1. The van der Waals surface area contributed by atoms with Crippen molar-refractivity contribution in [1.29, 1.82) is 0 Å². The monoisotopic (exact) mass is 341 g/mol. The second kappa shape index (κ2) is 8.75. The van der Waals surface area contributed by atoms with Crippen molar-refractivity contribution in [3.63, 3.8) is 0 Å². The van der Waals surface area contributed by atoms with Gasteiger partial charge in [-0.2, -0.15) is 0 Å². The SMILES string of the molecule is N[C@@H](CCC(=O)O)C(=O)OC(C(=O)c1ccccc1)c1ccccc1. The van der Waals surface area contributed by atoms with Crippen LogP contribution in [0.5, 0.6) is 0 Å². The Morgan fingerprint density at radius 3 is 2.08 bits per heavy atom. The number of aliphatic carboxylic acids is 1. The first-order valence-electron chi connectivity index (χ1n) is 7.81. The van der Waals surface area contributed by atoms with Gasteiger partial charge in [0.1, 0.15) is 6.04 Å². The van der Waals surface area contributed by atoms with Gasteiger partial charge in [-0.25, -0.2) is 0 Å². The summed E-state index contributed by atoms with van der Waals surface area (Å²) in [6, 6.07) is 16.0. The first-order valence-corrected chi connectivity index (χ1v) is 7.81. The summed E-state index contributed by atoms with van der Waals surface area (Å²) in [4.78, 5) is 35.5. The van der Waals surface area contributed by atoms with Gasteiger partial charge >= 0.3 is 11.9 Å². The maximum Gasteiger partial charge on any atom is 0.323 e. The predicted molar refractivity (Wildman–Crippen MR) is 90.9 cm³/mol. The van der Waals surface area contributed by atoms with Crippen molar-refractivity contribution in [3.8, 4) is 0 Å². The molecule has 2 atom stereocenters. The van der Waals surface area contributed by atoms with E-state index in [1.165, 1.54) is 0 Å². The van der Waals surface area contributed by atoms with Gasteiger partial charge in [0, 0.05) is 17.5 Å². The average molecular weight is 341 g/mol. The van der Waals surface area contributed by atoms with Crippen molar-refractivity contribution < 1.29 is 24.2 Å². The van der Waals surface area contributed by atoms with Crippen LogP contribution in [0, 0.1) is 0 Å². The van der Waals surface area contributed by atoms with Crippen LogP contribution < -0.4 is 5.73 Å². The quantitative estimate of drug-likeness (QED) is 0.564. The highest BCUT2D eigenvalue weighted by Gasteiger charge is 2.28. The van der Waals surface area contributed by atoms with Gasteiger partial charge in [0.25, 0.3) is 0 Å². The van der Waals surface area contributed by atoms with Crippen LogP contribution in [0.4, 0.5) is 0 Å². The Hall–Kier alpha value is -2.99. The zero-order chi connectivity index (χ0) is 18.2. The molecule has 0 spiro atoms. The zero-order valence-corrected chi connectivity index (χ0v) is 13.5. The smallest absolute Gasteiger partial charge is 0.323 e. The van der Waals surface area contributed by atoms with Crippen LogP contribution >= 0.6 is 0 Å². The molecule has 0 bridgehead atoms. The first kappa shape index (κ1) is 18.4. The summed E-state index contributed by atoms with van der Waals surface area (Å²) in [6.45, 7) is 0. The number of hydrogen-bond acceptors (Lipinski definition) is 5. The summed E-state index contributed by atoms with van der Waals surface area (Å²) in [5.74, 6) is -2.23. The van der Waals surface area contributed by atoms with Crippen LogP contribution in [-0.2, 0) is 14.3 Å². The zero-order valence-electron chi connectivity index (χ0n) is 13.5. The van der Waals surface area contributed by atoms with E-state index >= 15 is 0 Å². The Morgan fingerprint density at radius 1 is 0.960 bits per heavy atom. The van der Waals surface area contributed by atoms with E-state index in [1.54, 1.807) is 60.7 Å². The maximum atomic E-state index is 12.8. The van der Waals surface area contributed by atoms with Crippen LogP contribution in [0.1, 0.15) is 34.9 Å². The van der Waals surface area contributed by atoms with Crippen molar-refractivity contribution in [1.82, 2.24) is 0 Å². The van der Waals surface area contributed by atoms with Crippen molar-refractivity contribution >= 4 is 17.7 Å². The van der Waals surface area contributed by atoms with Gasteiger partial charge in [0.2, 0.25) is 5.78 Å². The molecule has 0 heterocycles. The summed E-state index contributed by atoms with van der Waals surface area (Å²) >= 11 is 0. The number of carboxylic acids is 1. The molecule has 2 aromatic rings. The molecule has 6 nitrogen and oxygen atoms in total. The molecule has 0 aromatic heterocycles. The molecule has 3 N–H and O–H groups in total. The van der Waals surface area contributed by atoms with Gasteiger partial charge < -0.3 is 15.6 Å². The fourth-order valence-corrected chi connectivity index (χ4v) is 2.25. The number of carbonyl (C=O) groups excluding carboxylic acids is 2. The average Bonchev–Trinajstić information content (AvgIpc) is 2.64. The van der Waals surface area contributed by atoms with Crippen molar-refractivity contribution in [2.75, 3.05) is 0 Å². The van der Waals surface area contributed by atoms with Crippen LogP contribution in [0.15, 0.2) is 60.7 Å². The molecule has 2 rings (SSSR count).